The number of hydrogen-bond acceptors (Lipinski definition) is 2. The first kappa shape index (κ1) is 21.2. The summed E-state index contributed by atoms with van der Waals surface area (Å²) < 4.78 is 5.97. The van der Waals surface area contributed by atoms with Crippen LogP contribution >= 0.6 is 0 Å². The number of ether oxygens (including phenoxy) is 1. The Morgan fingerprint density at radius 3 is 2.00 bits per heavy atom. The van der Waals surface area contributed by atoms with Crippen molar-refractivity contribution >= 4 is 0 Å². The van der Waals surface area contributed by atoms with Crippen molar-refractivity contribution in [3.63, 3.8) is 0 Å². The maximum Gasteiger partial charge on any atom is 0.0692 e. The van der Waals surface area contributed by atoms with Crippen molar-refractivity contribution in [3.8, 4) is 6.07 Å². The molecule has 0 unspecified atom stereocenters. The Balaban J connectivity index is 1.46. The molecule has 3 rings (SSSR count). The number of hydrogen-bond donors (Lipinski definition) is 0. The molecule has 27 heavy (non-hydrogen) atoms. The van der Waals surface area contributed by atoms with Crippen LogP contribution in [-0.2, 0) is 4.74 Å². The minimum atomic E-state index is -0.00829. The summed E-state index contributed by atoms with van der Waals surface area (Å²) in [4.78, 5) is 0. The van der Waals surface area contributed by atoms with Crippen LogP contribution in [0.1, 0.15) is 110 Å². The Morgan fingerprint density at radius 2 is 1.44 bits per heavy atom. The Hall–Kier alpha value is -0.550. The molecular weight excluding hydrogens is 330 g/mol. The molecule has 0 heterocycles. The van der Waals surface area contributed by atoms with Crippen molar-refractivity contribution < 1.29 is 4.74 Å². The molecule has 2 nitrogen and oxygen atoms in total. The van der Waals surface area contributed by atoms with Gasteiger partial charge in [-0.1, -0.05) is 39.5 Å². The van der Waals surface area contributed by atoms with E-state index in [2.05, 4.69) is 19.9 Å². The van der Waals surface area contributed by atoms with Gasteiger partial charge in [-0.2, -0.15) is 5.26 Å². The first-order valence-electron chi connectivity index (χ1n) is 12.2. The minimum absolute atomic E-state index is 0.00829. The van der Waals surface area contributed by atoms with E-state index in [1.165, 1.54) is 89.9 Å². The van der Waals surface area contributed by atoms with Gasteiger partial charge in [-0.05, 0) is 94.3 Å². The lowest BCUT2D eigenvalue weighted by Crippen LogP contribution is -2.38. The largest absolute Gasteiger partial charge is 0.378 e. The molecule has 0 aliphatic heterocycles. The van der Waals surface area contributed by atoms with Crippen molar-refractivity contribution in [2.75, 3.05) is 6.61 Å². The van der Waals surface area contributed by atoms with Gasteiger partial charge in [0.05, 0.1) is 17.6 Å². The van der Waals surface area contributed by atoms with Crippen molar-refractivity contribution in [1.82, 2.24) is 0 Å². The van der Waals surface area contributed by atoms with E-state index in [-0.39, 0.29) is 5.41 Å². The first-order valence-corrected chi connectivity index (χ1v) is 12.2. The molecule has 0 bridgehead atoms. The molecule has 3 aliphatic rings. The zero-order chi connectivity index (χ0) is 19.1. The van der Waals surface area contributed by atoms with Crippen LogP contribution in [0, 0.1) is 40.4 Å². The standard InChI is InChI=1S/C25H43NO/c1-3-5-20-6-8-21(9-7-20)22-14-16-25(19-26,17-15-22)23-10-12-24(13-11-23)27-18-4-2/h20-24H,3-18H2,1-2H3/t20?,21?,22-,23?,24?,25-. The molecule has 3 saturated carbocycles. The second-order valence-corrected chi connectivity index (χ2v) is 10.0. The summed E-state index contributed by atoms with van der Waals surface area (Å²) in [6.45, 7) is 5.42. The van der Waals surface area contributed by atoms with Crippen molar-refractivity contribution in [1.29, 1.82) is 5.26 Å². The van der Waals surface area contributed by atoms with Crippen molar-refractivity contribution in [2.24, 2.45) is 29.1 Å². The fourth-order valence-corrected chi connectivity index (χ4v) is 6.66. The van der Waals surface area contributed by atoms with Gasteiger partial charge in [-0.25, -0.2) is 0 Å². The highest BCUT2D eigenvalue weighted by atomic mass is 16.5. The molecule has 0 aromatic heterocycles. The summed E-state index contributed by atoms with van der Waals surface area (Å²) in [5.41, 5.74) is -0.00829. The summed E-state index contributed by atoms with van der Waals surface area (Å²) in [5.74, 6) is 3.52. The van der Waals surface area contributed by atoms with E-state index < -0.39 is 0 Å². The van der Waals surface area contributed by atoms with E-state index in [9.17, 15) is 5.26 Å². The van der Waals surface area contributed by atoms with Gasteiger partial charge >= 0.3 is 0 Å². The van der Waals surface area contributed by atoms with E-state index in [1.807, 2.05) is 0 Å². The molecule has 0 aromatic rings. The monoisotopic (exact) mass is 373 g/mol. The molecule has 0 aromatic carbocycles. The lowest BCUT2D eigenvalue weighted by atomic mass is 9.58. The van der Waals surface area contributed by atoms with Gasteiger partial charge in [-0.3, -0.25) is 0 Å². The van der Waals surface area contributed by atoms with Crippen LogP contribution in [0.3, 0.4) is 0 Å². The third kappa shape index (κ3) is 5.29. The fraction of sp³-hybridized carbons (Fsp3) is 0.960. The van der Waals surface area contributed by atoms with E-state index in [1.54, 1.807) is 0 Å². The second-order valence-electron chi connectivity index (χ2n) is 10.0. The van der Waals surface area contributed by atoms with E-state index in [0.717, 1.165) is 30.8 Å². The Morgan fingerprint density at radius 1 is 0.815 bits per heavy atom. The van der Waals surface area contributed by atoms with Crippen LogP contribution in [0.4, 0.5) is 0 Å². The highest BCUT2D eigenvalue weighted by Gasteiger charge is 2.44. The molecule has 0 N–H and O–H groups in total. The van der Waals surface area contributed by atoms with Crippen LogP contribution in [-0.4, -0.2) is 12.7 Å². The van der Waals surface area contributed by atoms with Crippen LogP contribution in [0.5, 0.6) is 0 Å². The molecule has 154 valence electrons. The zero-order valence-electron chi connectivity index (χ0n) is 18.1. The SMILES string of the molecule is CCCOC1CCC([C@]2(C#N)CC[C@@H](C3CCC(CCC)CC3)CC2)CC1. The molecule has 3 fully saturated rings. The zero-order valence-corrected chi connectivity index (χ0v) is 18.1. The predicted molar refractivity (Wildman–Crippen MR) is 112 cm³/mol. The average Bonchev–Trinajstić information content (AvgIpc) is 2.73. The minimum Gasteiger partial charge on any atom is -0.378 e. The van der Waals surface area contributed by atoms with Crippen LogP contribution in [0.2, 0.25) is 0 Å². The highest BCUT2D eigenvalue weighted by Crippen LogP contribution is 2.52. The summed E-state index contributed by atoms with van der Waals surface area (Å²) in [6.07, 6.45) is 20.0. The highest BCUT2D eigenvalue weighted by molar-refractivity contribution is 5.06. The van der Waals surface area contributed by atoms with Gasteiger partial charge in [0.15, 0.2) is 0 Å². The fourth-order valence-electron chi connectivity index (χ4n) is 6.66. The molecule has 0 amide bonds. The summed E-state index contributed by atoms with van der Waals surface area (Å²) in [6, 6.07) is 2.85. The van der Waals surface area contributed by atoms with E-state index >= 15 is 0 Å². The van der Waals surface area contributed by atoms with Gasteiger partial charge in [0, 0.05) is 6.61 Å². The van der Waals surface area contributed by atoms with E-state index in [0.29, 0.717) is 12.0 Å². The predicted octanol–water partition coefficient (Wildman–Crippen LogP) is 7.28. The maximum absolute atomic E-state index is 10.1. The van der Waals surface area contributed by atoms with Crippen LogP contribution < -0.4 is 0 Å². The number of rotatable bonds is 7. The average molecular weight is 374 g/mol. The van der Waals surface area contributed by atoms with Gasteiger partial charge in [0.1, 0.15) is 0 Å². The molecule has 3 aliphatic carbocycles. The van der Waals surface area contributed by atoms with Gasteiger partial charge in [-0.15, -0.1) is 0 Å². The first-order chi connectivity index (χ1) is 13.2. The van der Waals surface area contributed by atoms with Crippen LogP contribution in [0.25, 0.3) is 0 Å². The molecule has 0 saturated heterocycles. The lowest BCUT2D eigenvalue weighted by Gasteiger charge is -2.45. The molecule has 0 atom stereocenters. The number of nitrogens with zero attached hydrogens (tertiary/aromatic N) is 1. The van der Waals surface area contributed by atoms with Crippen LogP contribution in [0.15, 0.2) is 0 Å². The molecular formula is C25H43NO. The van der Waals surface area contributed by atoms with E-state index in [4.69, 9.17) is 4.74 Å². The topological polar surface area (TPSA) is 33.0 Å². The Kier molecular flexibility index (Phi) is 8.07. The summed E-state index contributed by atoms with van der Waals surface area (Å²) >= 11 is 0. The second kappa shape index (κ2) is 10.3. The molecule has 0 spiro atoms. The number of nitriles is 1. The molecule has 2 heteroatoms. The Bertz CT molecular complexity index is 457. The smallest absolute Gasteiger partial charge is 0.0692 e. The normalized spacial score (nSPS) is 40.4. The third-order valence-electron chi connectivity index (χ3n) is 8.41. The lowest BCUT2D eigenvalue weighted by molar-refractivity contribution is -0.00695. The van der Waals surface area contributed by atoms with Crippen molar-refractivity contribution in [3.05, 3.63) is 0 Å². The molecule has 0 radical (unpaired) electrons. The Labute approximate surface area is 168 Å². The summed E-state index contributed by atoms with van der Waals surface area (Å²) in [5, 5.41) is 10.1. The van der Waals surface area contributed by atoms with Crippen molar-refractivity contribution in [2.45, 2.75) is 116 Å². The maximum atomic E-state index is 10.1. The summed E-state index contributed by atoms with van der Waals surface area (Å²) in [7, 11) is 0. The van der Waals surface area contributed by atoms with Gasteiger partial charge in [0.2, 0.25) is 0 Å². The quantitative estimate of drug-likeness (QED) is 0.470. The van der Waals surface area contributed by atoms with Gasteiger partial charge in [0.25, 0.3) is 0 Å². The van der Waals surface area contributed by atoms with Gasteiger partial charge < -0.3 is 4.74 Å². The third-order valence-corrected chi connectivity index (χ3v) is 8.41.